The normalized spacial score (nSPS) is 10.2. The number of rotatable bonds is 7. The van der Waals surface area contributed by atoms with E-state index in [0.717, 1.165) is 0 Å². The van der Waals surface area contributed by atoms with Crippen molar-refractivity contribution in [1.29, 1.82) is 0 Å². The number of benzene rings is 1. The maximum Gasteiger partial charge on any atom is 0.307 e. The van der Waals surface area contributed by atoms with Gasteiger partial charge in [-0.25, -0.2) is 0 Å². The molecule has 1 aromatic carbocycles. The fraction of sp³-hybridized carbons (Fsp3) is 0.250. The molecule has 2 aromatic rings. The van der Waals surface area contributed by atoms with Crippen molar-refractivity contribution in [3.8, 4) is 5.75 Å². The molecule has 0 bridgehead atoms. The number of hydrogen-bond donors (Lipinski definition) is 1. The van der Waals surface area contributed by atoms with Gasteiger partial charge in [-0.1, -0.05) is 17.7 Å². The standard InChI is InChI=1S/C16H16ClNO4S/c1-21-13-5-4-12(17)9-11(13)10-22-15(19)6-7-18-16(20)14-3-2-8-23-14/h2-5,8-9H,6-7,10H2,1H3,(H,18,20). The molecule has 23 heavy (non-hydrogen) atoms. The second-order valence-corrected chi connectivity index (χ2v) is 5.98. The van der Waals surface area contributed by atoms with Crippen LogP contribution < -0.4 is 10.1 Å². The minimum absolute atomic E-state index is 0.0709. The Kier molecular flexibility index (Phi) is 6.43. The van der Waals surface area contributed by atoms with Crippen molar-refractivity contribution in [1.82, 2.24) is 5.32 Å². The van der Waals surface area contributed by atoms with Gasteiger partial charge >= 0.3 is 5.97 Å². The number of hydrogen-bond acceptors (Lipinski definition) is 5. The fourth-order valence-electron chi connectivity index (χ4n) is 1.86. The Hall–Kier alpha value is -2.05. The highest BCUT2D eigenvalue weighted by molar-refractivity contribution is 7.12. The third-order valence-electron chi connectivity index (χ3n) is 2.99. The van der Waals surface area contributed by atoms with Crippen LogP contribution >= 0.6 is 22.9 Å². The summed E-state index contributed by atoms with van der Waals surface area (Å²) in [6, 6.07) is 8.63. The third-order valence-corrected chi connectivity index (χ3v) is 4.09. The minimum atomic E-state index is -0.404. The molecule has 7 heteroatoms. The van der Waals surface area contributed by atoms with Gasteiger partial charge in [0.15, 0.2) is 0 Å². The van der Waals surface area contributed by atoms with E-state index in [2.05, 4.69) is 5.32 Å². The van der Waals surface area contributed by atoms with Crippen molar-refractivity contribution in [2.24, 2.45) is 0 Å². The molecule has 1 N–H and O–H groups in total. The van der Waals surface area contributed by atoms with E-state index in [1.165, 1.54) is 18.4 Å². The number of ether oxygens (including phenoxy) is 2. The number of thiophene rings is 1. The second kappa shape index (κ2) is 8.55. The van der Waals surface area contributed by atoms with Gasteiger partial charge in [-0.05, 0) is 29.6 Å². The van der Waals surface area contributed by atoms with Crippen LogP contribution in [0.15, 0.2) is 35.7 Å². The van der Waals surface area contributed by atoms with Crippen LogP contribution in [0.1, 0.15) is 21.7 Å². The highest BCUT2D eigenvalue weighted by Crippen LogP contribution is 2.23. The van der Waals surface area contributed by atoms with Gasteiger partial charge in [-0.2, -0.15) is 0 Å². The third kappa shape index (κ3) is 5.26. The Morgan fingerprint density at radius 2 is 2.13 bits per heavy atom. The quantitative estimate of drug-likeness (QED) is 0.776. The molecule has 0 aliphatic carbocycles. The first-order valence-corrected chi connectivity index (χ1v) is 8.15. The number of halogens is 1. The van der Waals surface area contributed by atoms with Gasteiger partial charge in [-0.15, -0.1) is 11.3 Å². The van der Waals surface area contributed by atoms with E-state index >= 15 is 0 Å². The molecule has 0 fully saturated rings. The average Bonchev–Trinajstić information content (AvgIpc) is 3.07. The number of carbonyl (C=O) groups is 2. The Morgan fingerprint density at radius 3 is 2.83 bits per heavy atom. The van der Waals surface area contributed by atoms with Crippen molar-refractivity contribution in [3.05, 3.63) is 51.2 Å². The van der Waals surface area contributed by atoms with Gasteiger partial charge in [0, 0.05) is 17.1 Å². The van der Waals surface area contributed by atoms with E-state index in [4.69, 9.17) is 21.1 Å². The molecule has 1 aromatic heterocycles. The van der Waals surface area contributed by atoms with E-state index in [-0.39, 0.29) is 25.5 Å². The van der Waals surface area contributed by atoms with Gasteiger partial charge < -0.3 is 14.8 Å². The fourth-order valence-corrected chi connectivity index (χ4v) is 2.70. The smallest absolute Gasteiger partial charge is 0.307 e. The summed E-state index contributed by atoms with van der Waals surface area (Å²) in [4.78, 5) is 24.0. The zero-order valence-corrected chi connectivity index (χ0v) is 14.1. The molecular formula is C16H16ClNO4S. The Labute approximate surface area is 143 Å². The first-order chi connectivity index (χ1) is 11.1. The van der Waals surface area contributed by atoms with Gasteiger partial charge in [0.25, 0.3) is 5.91 Å². The van der Waals surface area contributed by atoms with Crippen LogP contribution in [0.2, 0.25) is 5.02 Å². The summed E-state index contributed by atoms with van der Waals surface area (Å²) in [6.45, 7) is 0.295. The van der Waals surface area contributed by atoms with Crippen LogP contribution in [0.5, 0.6) is 5.75 Å². The van der Waals surface area contributed by atoms with Gasteiger partial charge in [-0.3, -0.25) is 9.59 Å². The van der Waals surface area contributed by atoms with Crippen molar-refractivity contribution in [2.75, 3.05) is 13.7 Å². The molecular weight excluding hydrogens is 338 g/mol. The average molecular weight is 354 g/mol. The zero-order chi connectivity index (χ0) is 16.7. The predicted molar refractivity (Wildman–Crippen MR) is 89.1 cm³/mol. The Morgan fingerprint density at radius 1 is 1.30 bits per heavy atom. The molecule has 122 valence electrons. The lowest BCUT2D eigenvalue weighted by atomic mass is 10.2. The maximum atomic E-state index is 11.7. The molecule has 0 aliphatic heterocycles. The summed E-state index contributed by atoms with van der Waals surface area (Å²) >= 11 is 7.26. The molecule has 1 heterocycles. The van der Waals surface area contributed by atoms with Crippen LogP contribution in [0.25, 0.3) is 0 Å². The summed E-state index contributed by atoms with van der Waals surface area (Å²) in [5.74, 6) is 0.0102. The Balaban J connectivity index is 1.75. The monoisotopic (exact) mass is 353 g/mol. The molecule has 0 unspecified atom stereocenters. The van der Waals surface area contributed by atoms with Crippen LogP contribution in [-0.4, -0.2) is 25.5 Å². The topological polar surface area (TPSA) is 64.6 Å². The lowest BCUT2D eigenvalue weighted by molar-refractivity contribution is -0.144. The van der Waals surface area contributed by atoms with Crippen LogP contribution in [0.4, 0.5) is 0 Å². The Bertz CT molecular complexity index is 673. The van der Waals surface area contributed by atoms with Gasteiger partial charge in [0.05, 0.1) is 18.4 Å². The molecule has 2 rings (SSSR count). The number of esters is 1. The van der Waals surface area contributed by atoms with Crippen molar-refractivity contribution < 1.29 is 19.1 Å². The lowest BCUT2D eigenvalue weighted by Crippen LogP contribution is -2.25. The highest BCUT2D eigenvalue weighted by atomic mass is 35.5. The van der Waals surface area contributed by atoms with E-state index in [0.29, 0.717) is 21.2 Å². The minimum Gasteiger partial charge on any atom is -0.496 e. The van der Waals surface area contributed by atoms with Crippen molar-refractivity contribution in [2.45, 2.75) is 13.0 Å². The second-order valence-electron chi connectivity index (χ2n) is 4.60. The summed E-state index contributed by atoms with van der Waals surface area (Å²) in [5.41, 5.74) is 0.691. The highest BCUT2D eigenvalue weighted by Gasteiger charge is 2.10. The van der Waals surface area contributed by atoms with Crippen LogP contribution in [0.3, 0.4) is 0 Å². The molecule has 0 saturated carbocycles. The molecule has 1 amide bonds. The molecule has 0 saturated heterocycles. The van der Waals surface area contributed by atoms with E-state index < -0.39 is 5.97 Å². The number of nitrogens with one attached hydrogen (secondary N) is 1. The van der Waals surface area contributed by atoms with Gasteiger partial charge in [0.1, 0.15) is 12.4 Å². The van der Waals surface area contributed by atoms with E-state index in [1.54, 1.807) is 30.3 Å². The van der Waals surface area contributed by atoms with Gasteiger partial charge in [0.2, 0.25) is 0 Å². The van der Waals surface area contributed by atoms with Crippen molar-refractivity contribution in [3.63, 3.8) is 0 Å². The molecule has 0 radical (unpaired) electrons. The SMILES string of the molecule is COc1ccc(Cl)cc1COC(=O)CCNC(=O)c1cccs1. The first-order valence-electron chi connectivity index (χ1n) is 6.90. The summed E-state index contributed by atoms with van der Waals surface area (Å²) in [5, 5.41) is 5.03. The number of amides is 1. The van der Waals surface area contributed by atoms with Crippen LogP contribution in [0, 0.1) is 0 Å². The lowest BCUT2D eigenvalue weighted by Gasteiger charge is -2.10. The molecule has 0 atom stereocenters. The maximum absolute atomic E-state index is 11.7. The molecule has 5 nitrogen and oxygen atoms in total. The first kappa shape index (κ1) is 17.3. The number of methoxy groups -OCH3 is 1. The summed E-state index contributed by atoms with van der Waals surface area (Å²) in [6.07, 6.45) is 0.0972. The largest absolute Gasteiger partial charge is 0.496 e. The van der Waals surface area contributed by atoms with E-state index in [1.807, 2.05) is 5.38 Å². The summed E-state index contributed by atoms with van der Waals surface area (Å²) < 4.78 is 10.4. The molecule has 0 aliphatic rings. The van der Waals surface area contributed by atoms with E-state index in [9.17, 15) is 9.59 Å². The van der Waals surface area contributed by atoms with Crippen molar-refractivity contribution >= 4 is 34.8 Å². The van der Waals surface area contributed by atoms with Crippen LogP contribution in [-0.2, 0) is 16.1 Å². The number of carbonyl (C=O) groups excluding carboxylic acids is 2. The summed E-state index contributed by atoms with van der Waals surface area (Å²) in [7, 11) is 1.54. The predicted octanol–water partition coefficient (Wildman–Crippen LogP) is 3.27. The zero-order valence-electron chi connectivity index (χ0n) is 12.5. The molecule has 0 spiro atoms.